The monoisotopic (exact) mass is 262 g/mol. The summed E-state index contributed by atoms with van der Waals surface area (Å²) in [5.74, 6) is 0.692. The van der Waals surface area contributed by atoms with E-state index in [0.29, 0.717) is 24.9 Å². The lowest BCUT2D eigenvalue weighted by molar-refractivity contribution is -0.120. The molecule has 0 aliphatic heterocycles. The molecular weight excluding hydrogens is 236 g/mol. The Kier molecular flexibility index (Phi) is 6.40. The Morgan fingerprint density at radius 2 is 1.79 bits per heavy atom. The number of nitrogens with one attached hydrogen (secondary N) is 2. The molecule has 1 amide bonds. The number of carbonyl (C=O) groups is 1. The molecule has 3 nitrogen and oxygen atoms in total. The van der Waals surface area contributed by atoms with Gasteiger partial charge in [-0.25, -0.2) is 0 Å². The Labute approximate surface area is 116 Å². The first-order valence-electron chi connectivity index (χ1n) is 7.19. The standard InChI is InChI=1S/C16H26N2O/c1-5-15(12(3)4)18-14-9-7-13(8-10-14)11-16(19)17-6-2/h7-10,12,15,18H,5-6,11H2,1-4H3,(H,17,19). The number of likely N-dealkylation sites (N-methyl/N-ethyl adjacent to an activating group) is 1. The molecule has 0 spiro atoms. The normalized spacial score (nSPS) is 12.3. The van der Waals surface area contributed by atoms with Gasteiger partial charge in [-0.3, -0.25) is 4.79 Å². The Balaban J connectivity index is 2.58. The van der Waals surface area contributed by atoms with Gasteiger partial charge in [-0.05, 0) is 37.0 Å². The molecule has 1 atom stereocenters. The van der Waals surface area contributed by atoms with Crippen LogP contribution in [0.25, 0.3) is 0 Å². The quantitative estimate of drug-likeness (QED) is 0.792. The summed E-state index contributed by atoms with van der Waals surface area (Å²) in [6.45, 7) is 9.27. The fraction of sp³-hybridized carbons (Fsp3) is 0.562. The molecule has 106 valence electrons. The SMILES string of the molecule is CCNC(=O)Cc1ccc(NC(CC)C(C)C)cc1. The van der Waals surface area contributed by atoms with Crippen molar-refractivity contribution in [3.63, 3.8) is 0 Å². The predicted octanol–water partition coefficient (Wildman–Crippen LogP) is 3.21. The molecule has 19 heavy (non-hydrogen) atoms. The topological polar surface area (TPSA) is 41.1 Å². The zero-order chi connectivity index (χ0) is 14.3. The van der Waals surface area contributed by atoms with E-state index in [1.54, 1.807) is 0 Å². The molecule has 0 fully saturated rings. The number of hydrogen-bond acceptors (Lipinski definition) is 2. The molecule has 0 bridgehead atoms. The summed E-state index contributed by atoms with van der Waals surface area (Å²) >= 11 is 0. The van der Waals surface area contributed by atoms with Gasteiger partial charge in [0.05, 0.1) is 6.42 Å². The maximum atomic E-state index is 11.5. The molecule has 3 heteroatoms. The van der Waals surface area contributed by atoms with Crippen molar-refractivity contribution in [3.05, 3.63) is 29.8 Å². The van der Waals surface area contributed by atoms with Crippen LogP contribution in [0.15, 0.2) is 24.3 Å². The second kappa shape index (κ2) is 7.82. The number of anilines is 1. The van der Waals surface area contributed by atoms with Gasteiger partial charge in [-0.2, -0.15) is 0 Å². The summed E-state index contributed by atoms with van der Waals surface area (Å²) in [5.41, 5.74) is 2.18. The first kappa shape index (κ1) is 15.5. The van der Waals surface area contributed by atoms with Crippen LogP contribution < -0.4 is 10.6 Å². The van der Waals surface area contributed by atoms with Crippen LogP contribution in [0, 0.1) is 5.92 Å². The molecule has 1 unspecified atom stereocenters. The van der Waals surface area contributed by atoms with E-state index in [2.05, 4.69) is 43.5 Å². The van der Waals surface area contributed by atoms with Crippen LogP contribution in [0.3, 0.4) is 0 Å². The Morgan fingerprint density at radius 3 is 2.26 bits per heavy atom. The van der Waals surface area contributed by atoms with Gasteiger partial charge in [0.15, 0.2) is 0 Å². The minimum absolute atomic E-state index is 0.0804. The lowest BCUT2D eigenvalue weighted by Crippen LogP contribution is -2.25. The maximum absolute atomic E-state index is 11.5. The molecule has 1 aromatic carbocycles. The molecule has 1 rings (SSSR count). The highest BCUT2D eigenvalue weighted by Crippen LogP contribution is 2.16. The molecule has 0 aliphatic rings. The average molecular weight is 262 g/mol. The fourth-order valence-corrected chi connectivity index (χ4v) is 2.12. The van der Waals surface area contributed by atoms with Gasteiger partial charge < -0.3 is 10.6 Å². The predicted molar refractivity (Wildman–Crippen MR) is 81.4 cm³/mol. The van der Waals surface area contributed by atoms with E-state index < -0.39 is 0 Å². The molecule has 2 N–H and O–H groups in total. The van der Waals surface area contributed by atoms with E-state index in [4.69, 9.17) is 0 Å². The molecule has 0 radical (unpaired) electrons. The molecule has 1 aromatic rings. The van der Waals surface area contributed by atoms with Crippen molar-refractivity contribution in [3.8, 4) is 0 Å². The number of rotatable bonds is 7. The van der Waals surface area contributed by atoms with E-state index in [1.165, 1.54) is 0 Å². The zero-order valence-corrected chi connectivity index (χ0v) is 12.5. The minimum Gasteiger partial charge on any atom is -0.382 e. The third kappa shape index (κ3) is 5.33. The molecule has 0 aliphatic carbocycles. The highest BCUT2D eigenvalue weighted by molar-refractivity contribution is 5.78. The van der Waals surface area contributed by atoms with Gasteiger partial charge in [0.25, 0.3) is 0 Å². The van der Waals surface area contributed by atoms with E-state index in [9.17, 15) is 4.79 Å². The van der Waals surface area contributed by atoms with Gasteiger partial charge in [-0.1, -0.05) is 32.9 Å². The van der Waals surface area contributed by atoms with E-state index in [-0.39, 0.29) is 5.91 Å². The van der Waals surface area contributed by atoms with E-state index in [1.807, 2.05) is 19.1 Å². The fourth-order valence-electron chi connectivity index (χ4n) is 2.12. The van der Waals surface area contributed by atoms with Crippen molar-refractivity contribution in [2.75, 3.05) is 11.9 Å². The van der Waals surface area contributed by atoms with E-state index >= 15 is 0 Å². The molecule has 0 heterocycles. The number of carbonyl (C=O) groups excluding carboxylic acids is 1. The highest BCUT2D eigenvalue weighted by Gasteiger charge is 2.10. The first-order valence-corrected chi connectivity index (χ1v) is 7.19. The summed E-state index contributed by atoms with van der Waals surface area (Å²) < 4.78 is 0. The second-order valence-electron chi connectivity index (χ2n) is 5.23. The van der Waals surface area contributed by atoms with Crippen molar-refractivity contribution in [2.45, 2.75) is 46.6 Å². The summed E-state index contributed by atoms with van der Waals surface area (Å²) in [4.78, 5) is 11.5. The molecule has 0 saturated heterocycles. The van der Waals surface area contributed by atoms with Crippen molar-refractivity contribution in [1.29, 1.82) is 0 Å². The number of amides is 1. The smallest absolute Gasteiger partial charge is 0.224 e. The van der Waals surface area contributed by atoms with Crippen LogP contribution in [0.5, 0.6) is 0 Å². The molecule has 0 aromatic heterocycles. The Bertz CT molecular complexity index is 384. The van der Waals surface area contributed by atoms with Gasteiger partial charge >= 0.3 is 0 Å². The van der Waals surface area contributed by atoms with Crippen LogP contribution in [-0.4, -0.2) is 18.5 Å². The third-order valence-corrected chi connectivity index (χ3v) is 3.29. The maximum Gasteiger partial charge on any atom is 0.224 e. The van der Waals surface area contributed by atoms with Crippen molar-refractivity contribution in [2.24, 2.45) is 5.92 Å². The highest BCUT2D eigenvalue weighted by atomic mass is 16.1. The van der Waals surface area contributed by atoms with E-state index in [0.717, 1.165) is 17.7 Å². The lowest BCUT2D eigenvalue weighted by Gasteiger charge is -2.22. The molecular formula is C16H26N2O. The second-order valence-corrected chi connectivity index (χ2v) is 5.23. The summed E-state index contributed by atoms with van der Waals surface area (Å²) in [6, 6.07) is 8.64. The molecule has 0 saturated carbocycles. The zero-order valence-electron chi connectivity index (χ0n) is 12.5. The number of hydrogen-bond donors (Lipinski definition) is 2. The van der Waals surface area contributed by atoms with Crippen LogP contribution in [0.1, 0.15) is 39.7 Å². The van der Waals surface area contributed by atoms with Crippen LogP contribution in [-0.2, 0) is 11.2 Å². The lowest BCUT2D eigenvalue weighted by atomic mass is 10.0. The van der Waals surface area contributed by atoms with Gasteiger partial charge in [-0.15, -0.1) is 0 Å². The number of benzene rings is 1. The van der Waals surface area contributed by atoms with Gasteiger partial charge in [0, 0.05) is 18.3 Å². The summed E-state index contributed by atoms with van der Waals surface area (Å²) in [6.07, 6.45) is 1.56. The summed E-state index contributed by atoms with van der Waals surface area (Å²) in [7, 11) is 0. The van der Waals surface area contributed by atoms with Crippen LogP contribution in [0.4, 0.5) is 5.69 Å². The van der Waals surface area contributed by atoms with Gasteiger partial charge in [0.1, 0.15) is 0 Å². The van der Waals surface area contributed by atoms with Crippen LogP contribution in [0.2, 0.25) is 0 Å². The van der Waals surface area contributed by atoms with Crippen LogP contribution >= 0.6 is 0 Å². The minimum atomic E-state index is 0.0804. The average Bonchev–Trinajstić information content (AvgIpc) is 2.37. The van der Waals surface area contributed by atoms with Gasteiger partial charge in [0.2, 0.25) is 5.91 Å². The Hall–Kier alpha value is -1.51. The Morgan fingerprint density at radius 1 is 1.16 bits per heavy atom. The largest absolute Gasteiger partial charge is 0.382 e. The van der Waals surface area contributed by atoms with Crippen molar-refractivity contribution < 1.29 is 4.79 Å². The van der Waals surface area contributed by atoms with Crippen molar-refractivity contribution >= 4 is 11.6 Å². The summed E-state index contributed by atoms with van der Waals surface area (Å²) in [5, 5.41) is 6.34. The first-order chi connectivity index (χ1) is 9.06. The third-order valence-electron chi connectivity index (χ3n) is 3.29. The van der Waals surface area contributed by atoms with Crippen molar-refractivity contribution in [1.82, 2.24) is 5.32 Å².